The Bertz CT molecular complexity index is 905. The molecule has 4 rings (SSSR count). The summed E-state index contributed by atoms with van der Waals surface area (Å²) in [6.45, 7) is 3.44. The third-order valence-corrected chi connectivity index (χ3v) is 4.67. The smallest absolute Gasteiger partial charge is 0.356 e. The van der Waals surface area contributed by atoms with E-state index >= 15 is 0 Å². The van der Waals surface area contributed by atoms with E-state index in [0.29, 0.717) is 11.4 Å². The normalized spacial score (nSPS) is 14.9. The average Bonchev–Trinajstić information content (AvgIpc) is 3.53. The SMILES string of the molecule is COC(=O)c1cc(C2=CCNC2)ccn1.COC(=O)c1cc(C2=CCNC2)ccn1. The number of aromatic nitrogens is 2. The molecule has 0 atom stereocenters. The average molecular weight is 408 g/mol. The molecule has 8 nitrogen and oxygen atoms in total. The molecule has 8 heteroatoms. The van der Waals surface area contributed by atoms with Crippen LogP contribution >= 0.6 is 0 Å². The number of carbonyl (C=O) groups excluding carboxylic acids is 2. The van der Waals surface area contributed by atoms with Gasteiger partial charge in [-0.15, -0.1) is 0 Å². The summed E-state index contributed by atoms with van der Waals surface area (Å²) in [7, 11) is 2.71. The van der Waals surface area contributed by atoms with E-state index in [2.05, 4.69) is 42.2 Å². The van der Waals surface area contributed by atoms with Crippen LogP contribution in [0.2, 0.25) is 0 Å². The summed E-state index contributed by atoms with van der Waals surface area (Å²) in [5.74, 6) is -0.799. The molecule has 2 aromatic heterocycles. The third-order valence-electron chi connectivity index (χ3n) is 4.67. The molecule has 2 aromatic rings. The minimum atomic E-state index is -0.400. The summed E-state index contributed by atoms with van der Waals surface area (Å²) in [5, 5.41) is 6.41. The number of ether oxygens (including phenoxy) is 2. The monoisotopic (exact) mass is 408 g/mol. The highest BCUT2D eigenvalue weighted by Gasteiger charge is 2.12. The molecule has 0 saturated carbocycles. The van der Waals surface area contributed by atoms with Crippen LogP contribution in [0.25, 0.3) is 11.1 Å². The number of hydrogen-bond donors (Lipinski definition) is 2. The molecule has 0 aromatic carbocycles. The maximum Gasteiger partial charge on any atom is 0.356 e. The fourth-order valence-electron chi connectivity index (χ4n) is 3.08. The number of nitrogens with zero attached hydrogens (tertiary/aromatic N) is 2. The van der Waals surface area contributed by atoms with Crippen molar-refractivity contribution in [1.82, 2.24) is 20.6 Å². The van der Waals surface area contributed by atoms with Crippen molar-refractivity contribution in [2.75, 3.05) is 40.4 Å². The van der Waals surface area contributed by atoms with Gasteiger partial charge in [0.25, 0.3) is 0 Å². The molecule has 0 unspecified atom stereocenters. The Kier molecular flexibility index (Phi) is 7.42. The molecule has 0 bridgehead atoms. The summed E-state index contributed by atoms with van der Waals surface area (Å²) in [5.41, 5.74) is 5.14. The van der Waals surface area contributed by atoms with E-state index in [4.69, 9.17) is 0 Å². The number of hydrogen-bond acceptors (Lipinski definition) is 8. The van der Waals surface area contributed by atoms with Gasteiger partial charge in [-0.25, -0.2) is 19.6 Å². The first-order chi connectivity index (χ1) is 14.6. The Balaban J connectivity index is 0.000000171. The van der Waals surface area contributed by atoms with Gasteiger partial charge >= 0.3 is 11.9 Å². The van der Waals surface area contributed by atoms with Crippen LogP contribution in [0.1, 0.15) is 32.1 Å². The molecule has 0 amide bonds. The second-order valence-electron chi connectivity index (χ2n) is 6.56. The van der Waals surface area contributed by atoms with Crippen LogP contribution in [-0.4, -0.2) is 62.3 Å². The summed E-state index contributed by atoms with van der Waals surface area (Å²) >= 11 is 0. The van der Waals surface area contributed by atoms with Crippen molar-refractivity contribution in [2.45, 2.75) is 0 Å². The second kappa shape index (κ2) is 10.4. The first-order valence-corrected chi connectivity index (χ1v) is 9.51. The molecule has 0 saturated heterocycles. The molecule has 2 aliphatic rings. The molecule has 4 heterocycles. The minimum Gasteiger partial charge on any atom is -0.464 e. The van der Waals surface area contributed by atoms with Gasteiger partial charge in [-0.05, 0) is 46.5 Å². The Morgan fingerprint density at radius 3 is 1.57 bits per heavy atom. The van der Waals surface area contributed by atoms with Gasteiger partial charge in [0.05, 0.1) is 14.2 Å². The number of carbonyl (C=O) groups is 2. The van der Waals surface area contributed by atoms with Crippen molar-refractivity contribution in [3.63, 3.8) is 0 Å². The molecule has 0 aliphatic carbocycles. The van der Waals surface area contributed by atoms with Gasteiger partial charge in [0, 0.05) is 38.6 Å². The first-order valence-electron chi connectivity index (χ1n) is 9.51. The highest BCUT2D eigenvalue weighted by molar-refractivity contribution is 5.89. The molecule has 156 valence electrons. The largest absolute Gasteiger partial charge is 0.464 e. The standard InChI is InChI=1S/2C11H12N2O2/c2*1-15-11(14)10-6-8(3-5-13-10)9-2-4-12-7-9/h2*2-3,5-6,12H,4,7H2,1H3. The Morgan fingerprint density at radius 2 is 1.23 bits per heavy atom. The Labute approximate surface area is 175 Å². The number of rotatable bonds is 4. The van der Waals surface area contributed by atoms with E-state index in [9.17, 15) is 9.59 Å². The molecule has 2 N–H and O–H groups in total. The summed E-state index contributed by atoms with van der Waals surface area (Å²) < 4.78 is 9.23. The van der Waals surface area contributed by atoms with E-state index in [1.807, 2.05) is 12.1 Å². The first kappa shape index (κ1) is 21.4. The van der Waals surface area contributed by atoms with E-state index < -0.39 is 11.9 Å². The number of pyridine rings is 2. The van der Waals surface area contributed by atoms with Crippen molar-refractivity contribution in [3.8, 4) is 0 Å². The Hall–Kier alpha value is -3.36. The predicted molar refractivity (Wildman–Crippen MR) is 113 cm³/mol. The quantitative estimate of drug-likeness (QED) is 0.737. The Morgan fingerprint density at radius 1 is 0.800 bits per heavy atom. The lowest BCUT2D eigenvalue weighted by molar-refractivity contribution is 0.0585. The van der Waals surface area contributed by atoms with Crippen LogP contribution in [0.5, 0.6) is 0 Å². The third kappa shape index (κ3) is 5.37. The van der Waals surface area contributed by atoms with Crippen molar-refractivity contribution >= 4 is 23.1 Å². The molecular formula is C22H24N4O4. The van der Waals surface area contributed by atoms with Crippen molar-refractivity contribution in [2.24, 2.45) is 0 Å². The number of esters is 2. The molecule has 0 spiro atoms. The van der Waals surface area contributed by atoms with Crippen LogP contribution in [0.3, 0.4) is 0 Å². The minimum absolute atomic E-state index is 0.350. The molecular weight excluding hydrogens is 384 g/mol. The summed E-state index contributed by atoms with van der Waals surface area (Å²) in [4.78, 5) is 30.4. The topological polar surface area (TPSA) is 102 Å². The lowest BCUT2D eigenvalue weighted by Gasteiger charge is -2.03. The lowest BCUT2D eigenvalue weighted by Crippen LogP contribution is -2.08. The second-order valence-corrected chi connectivity index (χ2v) is 6.56. The van der Waals surface area contributed by atoms with Crippen LogP contribution < -0.4 is 10.6 Å². The zero-order valence-corrected chi connectivity index (χ0v) is 17.0. The van der Waals surface area contributed by atoms with Gasteiger partial charge in [-0.3, -0.25) is 0 Å². The van der Waals surface area contributed by atoms with E-state index in [-0.39, 0.29) is 0 Å². The van der Waals surface area contributed by atoms with Crippen LogP contribution in [0, 0.1) is 0 Å². The van der Waals surface area contributed by atoms with Crippen molar-refractivity contribution in [1.29, 1.82) is 0 Å². The zero-order valence-electron chi connectivity index (χ0n) is 17.0. The molecule has 30 heavy (non-hydrogen) atoms. The van der Waals surface area contributed by atoms with Gasteiger partial charge in [0.15, 0.2) is 0 Å². The fraction of sp³-hybridized carbons (Fsp3) is 0.273. The number of methoxy groups -OCH3 is 2. The maximum atomic E-state index is 11.3. The van der Waals surface area contributed by atoms with E-state index in [1.165, 1.54) is 25.4 Å². The molecule has 2 aliphatic heterocycles. The van der Waals surface area contributed by atoms with E-state index in [0.717, 1.165) is 37.3 Å². The van der Waals surface area contributed by atoms with Crippen molar-refractivity contribution in [3.05, 3.63) is 71.3 Å². The molecule has 0 fully saturated rings. The molecule has 0 radical (unpaired) electrons. The van der Waals surface area contributed by atoms with Gasteiger partial charge in [-0.2, -0.15) is 0 Å². The summed E-state index contributed by atoms with van der Waals surface area (Å²) in [6, 6.07) is 7.30. The highest BCUT2D eigenvalue weighted by Crippen LogP contribution is 2.17. The van der Waals surface area contributed by atoms with Crippen molar-refractivity contribution < 1.29 is 19.1 Å². The predicted octanol–water partition coefficient (Wildman–Crippen LogP) is 1.71. The zero-order chi connectivity index (χ0) is 21.3. The van der Waals surface area contributed by atoms with Gasteiger partial charge < -0.3 is 20.1 Å². The fourth-order valence-corrected chi connectivity index (χ4v) is 3.08. The van der Waals surface area contributed by atoms with Crippen LogP contribution in [0.4, 0.5) is 0 Å². The number of nitrogens with one attached hydrogen (secondary N) is 2. The highest BCUT2D eigenvalue weighted by atomic mass is 16.5. The van der Waals surface area contributed by atoms with E-state index in [1.54, 1.807) is 24.5 Å². The lowest BCUT2D eigenvalue weighted by atomic mass is 10.1. The van der Waals surface area contributed by atoms with Crippen LogP contribution in [0.15, 0.2) is 48.8 Å². The summed E-state index contributed by atoms with van der Waals surface area (Å²) in [6.07, 6.45) is 7.47. The van der Waals surface area contributed by atoms with Gasteiger partial charge in [0.2, 0.25) is 0 Å². The van der Waals surface area contributed by atoms with Gasteiger partial charge in [-0.1, -0.05) is 12.2 Å². The maximum absolute atomic E-state index is 11.3. The van der Waals surface area contributed by atoms with Crippen LogP contribution in [-0.2, 0) is 9.47 Å². The van der Waals surface area contributed by atoms with Gasteiger partial charge in [0.1, 0.15) is 11.4 Å².